The van der Waals surface area contributed by atoms with Crippen LogP contribution in [0.15, 0.2) is 71.9 Å². The number of fused-ring (bicyclic) bond motifs is 1. The summed E-state index contributed by atoms with van der Waals surface area (Å²) in [6.45, 7) is -1.72. The zero-order valence-corrected chi connectivity index (χ0v) is 20.7. The van der Waals surface area contributed by atoms with Crippen molar-refractivity contribution in [2.75, 3.05) is 6.61 Å². The van der Waals surface area contributed by atoms with Crippen LogP contribution >= 0.6 is 11.6 Å². The summed E-state index contributed by atoms with van der Waals surface area (Å²) in [5, 5.41) is 9.04. The molecule has 8 nitrogen and oxygen atoms in total. The van der Waals surface area contributed by atoms with Gasteiger partial charge in [-0.1, -0.05) is 29.8 Å². The van der Waals surface area contributed by atoms with Crippen molar-refractivity contribution in [1.82, 2.24) is 29.4 Å². The van der Waals surface area contributed by atoms with Gasteiger partial charge in [-0.3, -0.25) is 4.98 Å². The normalized spacial score (nSPS) is 12.2. The topological polar surface area (TPSA) is 87.2 Å². The molecule has 0 N–H and O–H groups in total. The van der Waals surface area contributed by atoms with Crippen LogP contribution in [-0.2, 0) is 12.7 Å². The Morgan fingerprint density at radius 3 is 2.17 bits per heavy atom. The number of pyridine rings is 2. The number of ether oxygens (including phenoxy) is 1. The zero-order valence-electron chi connectivity index (χ0n) is 19.9. The van der Waals surface area contributed by atoms with Gasteiger partial charge in [0.1, 0.15) is 5.69 Å². The fraction of sp³-hybridized carbons (Fsp3) is 0.160. The maximum Gasteiger partial charge on any atom is 0.433 e. The van der Waals surface area contributed by atoms with Crippen molar-refractivity contribution in [2.45, 2.75) is 18.9 Å². The molecule has 0 saturated carbocycles. The lowest BCUT2D eigenvalue weighted by Crippen LogP contribution is -2.23. The van der Waals surface area contributed by atoms with E-state index in [0.29, 0.717) is 27.3 Å². The third-order valence-electron chi connectivity index (χ3n) is 5.62. The molecule has 0 radical (unpaired) electrons. The average molecular weight is 581 g/mol. The predicted molar refractivity (Wildman–Crippen MR) is 131 cm³/mol. The van der Waals surface area contributed by atoms with Crippen LogP contribution in [0.2, 0.25) is 5.02 Å². The molecule has 5 aromatic rings. The van der Waals surface area contributed by atoms with Crippen LogP contribution in [0.4, 0.5) is 26.3 Å². The lowest BCUT2D eigenvalue weighted by atomic mass is 9.98. The number of alkyl halides is 6. The zero-order chi connectivity index (χ0) is 28.7. The molecule has 0 bridgehead atoms. The second-order valence-corrected chi connectivity index (χ2v) is 8.89. The van der Waals surface area contributed by atoms with E-state index in [0.717, 1.165) is 21.5 Å². The van der Waals surface area contributed by atoms with Crippen LogP contribution in [0.5, 0.6) is 5.88 Å². The number of benzene rings is 1. The summed E-state index contributed by atoms with van der Waals surface area (Å²) >= 11 is 6.02. The van der Waals surface area contributed by atoms with Crippen LogP contribution in [-0.4, -0.2) is 42.1 Å². The molecule has 0 fully saturated rings. The van der Waals surface area contributed by atoms with Crippen molar-refractivity contribution in [2.24, 2.45) is 0 Å². The van der Waals surface area contributed by atoms with Gasteiger partial charge in [0.25, 0.3) is 0 Å². The molecule has 5 rings (SSSR count). The molecule has 4 aromatic heterocycles. The summed E-state index contributed by atoms with van der Waals surface area (Å²) in [7, 11) is 0. The molecule has 0 aliphatic heterocycles. The number of nitrogens with zero attached hydrogens (tertiary/aromatic N) is 6. The van der Waals surface area contributed by atoms with Gasteiger partial charge in [0.15, 0.2) is 12.3 Å². The highest BCUT2D eigenvalue weighted by Crippen LogP contribution is 2.35. The fourth-order valence-corrected chi connectivity index (χ4v) is 3.95. The molecule has 15 heteroatoms. The first-order chi connectivity index (χ1) is 18.9. The maximum absolute atomic E-state index is 13.1. The quantitative estimate of drug-likeness (QED) is 0.240. The highest BCUT2D eigenvalue weighted by molar-refractivity contribution is 6.30. The first-order valence-electron chi connectivity index (χ1n) is 11.3. The Bertz CT molecular complexity index is 1710. The van der Waals surface area contributed by atoms with E-state index in [4.69, 9.17) is 11.6 Å². The monoisotopic (exact) mass is 580 g/mol. The van der Waals surface area contributed by atoms with Crippen LogP contribution < -0.4 is 10.4 Å². The van der Waals surface area contributed by atoms with Crippen LogP contribution in [0.3, 0.4) is 0 Å². The number of rotatable bonds is 6. The Morgan fingerprint density at radius 1 is 0.850 bits per heavy atom. The molecular weight excluding hydrogens is 566 g/mol. The Hall–Kier alpha value is -4.46. The summed E-state index contributed by atoms with van der Waals surface area (Å²) in [6, 6.07) is 11.4. The summed E-state index contributed by atoms with van der Waals surface area (Å²) in [6.07, 6.45) is -5.49. The second-order valence-electron chi connectivity index (χ2n) is 8.45. The molecule has 206 valence electrons. The van der Waals surface area contributed by atoms with E-state index in [1.165, 1.54) is 30.6 Å². The van der Waals surface area contributed by atoms with E-state index in [-0.39, 0.29) is 23.6 Å². The molecule has 0 aliphatic carbocycles. The minimum absolute atomic E-state index is 0.0723. The van der Waals surface area contributed by atoms with Crippen molar-refractivity contribution in [3.8, 4) is 28.1 Å². The van der Waals surface area contributed by atoms with Gasteiger partial charge in [-0.25, -0.2) is 14.5 Å². The average Bonchev–Trinajstić information content (AvgIpc) is 3.22. The molecule has 4 heterocycles. The molecule has 0 amide bonds. The lowest BCUT2D eigenvalue weighted by Gasteiger charge is -2.12. The van der Waals surface area contributed by atoms with Crippen molar-refractivity contribution < 1.29 is 31.1 Å². The van der Waals surface area contributed by atoms with E-state index in [1.54, 1.807) is 24.3 Å². The SMILES string of the molecule is O=c1n(Cc2ccc(C(F)(F)F)nc2)nc2c(-c3ccc(OCC(F)(F)F)nc3)c(-c3ccc(Cl)cc3)cnn12. The molecule has 40 heavy (non-hydrogen) atoms. The highest BCUT2D eigenvalue weighted by atomic mass is 35.5. The lowest BCUT2D eigenvalue weighted by molar-refractivity contribution is -0.154. The molecule has 1 aromatic carbocycles. The molecule has 0 aliphatic rings. The third kappa shape index (κ3) is 5.76. The number of halogens is 7. The van der Waals surface area contributed by atoms with Gasteiger partial charge in [0, 0.05) is 40.2 Å². The van der Waals surface area contributed by atoms with Gasteiger partial charge in [-0.2, -0.15) is 36.0 Å². The van der Waals surface area contributed by atoms with Crippen LogP contribution in [0.25, 0.3) is 27.9 Å². The van der Waals surface area contributed by atoms with Crippen molar-refractivity contribution in [3.05, 3.63) is 93.9 Å². The molecule has 0 atom stereocenters. The van der Waals surface area contributed by atoms with Gasteiger partial charge >= 0.3 is 18.0 Å². The van der Waals surface area contributed by atoms with Gasteiger partial charge < -0.3 is 4.74 Å². The standard InChI is InChI=1S/C25H15ClF6N6O2/c26-17-5-2-15(3-6-17)18-11-35-38-22(21(18)16-4-8-20(34-10-16)40-13-24(27,28)29)36-37(23(38)39)12-14-1-7-19(33-9-14)25(30,31)32/h1-11H,12-13H2. The predicted octanol–water partition coefficient (Wildman–Crippen LogP) is 5.68. The highest BCUT2D eigenvalue weighted by Gasteiger charge is 2.32. The molecule has 0 saturated heterocycles. The van der Waals surface area contributed by atoms with E-state index in [1.807, 2.05) is 0 Å². The number of hydrogen-bond donors (Lipinski definition) is 0. The Morgan fingerprint density at radius 2 is 1.57 bits per heavy atom. The molecular formula is C25H15ClF6N6O2. The summed E-state index contributed by atoms with van der Waals surface area (Å²) < 4.78 is 82.9. The summed E-state index contributed by atoms with van der Waals surface area (Å²) in [4.78, 5) is 20.5. The summed E-state index contributed by atoms with van der Waals surface area (Å²) in [5.41, 5.74) is 0.485. The van der Waals surface area contributed by atoms with E-state index < -0.39 is 30.3 Å². The first-order valence-corrected chi connectivity index (χ1v) is 11.7. The first kappa shape index (κ1) is 27.1. The fourth-order valence-electron chi connectivity index (χ4n) is 3.82. The minimum atomic E-state index is -4.61. The second kappa shape index (κ2) is 10.3. The van der Waals surface area contributed by atoms with Crippen LogP contribution in [0.1, 0.15) is 11.3 Å². The van der Waals surface area contributed by atoms with Crippen molar-refractivity contribution in [1.29, 1.82) is 0 Å². The third-order valence-corrected chi connectivity index (χ3v) is 5.88. The van der Waals surface area contributed by atoms with Gasteiger partial charge in [0.2, 0.25) is 5.88 Å². The van der Waals surface area contributed by atoms with E-state index >= 15 is 0 Å². The Labute approximate surface area is 225 Å². The number of aromatic nitrogens is 6. The smallest absolute Gasteiger partial charge is 0.433 e. The van der Waals surface area contributed by atoms with Crippen molar-refractivity contribution >= 4 is 17.2 Å². The molecule has 0 unspecified atom stereocenters. The summed E-state index contributed by atoms with van der Waals surface area (Å²) in [5.74, 6) is -0.267. The largest absolute Gasteiger partial charge is 0.468 e. The Kier molecular flexibility index (Phi) is 6.96. The van der Waals surface area contributed by atoms with Crippen molar-refractivity contribution in [3.63, 3.8) is 0 Å². The minimum Gasteiger partial charge on any atom is -0.468 e. The van der Waals surface area contributed by atoms with Gasteiger partial charge in [-0.05, 0) is 35.4 Å². The number of hydrogen-bond acceptors (Lipinski definition) is 6. The van der Waals surface area contributed by atoms with Crippen LogP contribution in [0, 0.1) is 0 Å². The van der Waals surface area contributed by atoms with E-state index in [2.05, 4.69) is 24.9 Å². The van der Waals surface area contributed by atoms with Gasteiger partial charge in [-0.15, -0.1) is 5.10 Å². The van der Waals surface area contributed by atoms with Gasteiger partial charge in [0.05, 0.1) is 12.7 Å². The maximum atomic E-state index is 13.1. The van der Waals surface area contributed by atoms with E-state index in [9.17, 15) is 31.1 Å². The molecule has 0 spiro atoms. The Balaban J connectivity index is 1.59.